The van der Waals surface area contributed by atoms with Gasteiger partial charge in [0.25, 0.3) is 0 Å². The number of hydrogen-bond donors (Lipinski definition) is 2. The Labute approximate surface area is 161 Å². The maximum Gasteiger partial charge on any atom is 0.240 e. The summed E-state index contributed by atoms with van der Waals surface area (Å²) in [4.78, 5) is 4.11. The molecule has 1 heterocycles. The fourth-order valence-electron chi connectivity index (χ4n) is 3.29. The maximum absolute atomic E-state index is 12.3. The predicted molar refractivity (Wildman–Crippen MR) is 107 cm³/mol. The van der Waals surface area contributed by atoms with Crippen LogP contribution in [0.3, 0.4) is 0 Å². The first-order valence-electron chi connectivity index (χ1n) is 9.27. The zero-order valence-electron chi connectivity index (χ0n) is 15.9. The number of aryl methyl sites for hydroxylation is 1. The summed E-state index contributed by atoms with van der Waals surface area (Å²) in [5.74, 6) is 0.865. The van der Waals surface area contributed by atoms with Crippen LogP contribution in [0.2, 0.25) is 0 Å². The number of nitrogens with zero attached hydrogens (tertiary/aromatic N) is 1. The van der Waals surface area contributed by atoms with E-state index >= 15 is 0 Å². The van der Waals surface area contributed by atoms with Gasteiger partial charge < -0.3 is 14.5 Å². The molecule has 0 saturated carbocycles. The molecule has 0 bridgehead atoms. The van der Waals surface area contributed by atoms with Crippen LogP contribution in [-0.4, -0.2) is 54.8 Å². The smallest absolute Gasteiger partial charge is 0.240 e. The van der Waals surface area contributed by atoms with Gasteiger partial charge in [0.2, 0.25) is 10.0 Å². The van der Waals surface area contributed by atoms with Gasteiger partial charge in [0, 0.05) is 5.69 Å². The number of ether oxygens (including phenoxy) is 1. The molecule has 0 atom stereocenters. The third-order valence-corrected chi connectivity index (χ3v) is 6.49. The van der Waals surface area contributed by atoms with E-state index in [1.54, 1.807) is 19.2 Å². The molecule has 0 spiro atoms. The van der Waals surface area contributed by atoms with Crippen LogP contribution in [0.25, 0.3) is 0 Å². The summed E-state index contributed by atoms with van der Waals surface area (Å²) < 4.78 is 32.6. The van der Waals surface area contributed by atoms with Crippen molar-refractivity contribution >= 4 is 15.7 Å². The van der Waals surface area contributed by atoms with Gasteiger partial charge in [0.1, 0.15) is 5.75 Å². The van der Waals surface area contributed by atoms with Crippen LogP contribution in [0.5, 0.6) is 5.75 Å². The molecule has 2 aromatic carbocycles. The molecule has 3 rings (SSSR count). The van der Waals surface area contributed by atoms with E-state index in [0.29, 0.717) is 11.4 Å². The van der Waals surface area contributed by atoms with Crippen LogP contribution in [-0.2, 0) is 10.0 Å². The van der Waals surface area contributed by atoms with E-state index in [2.05, 4.69) is 21.8 Å². The Balaban J connectivity index is 1.44. The monoisotopic (exact) mass is 390 g/mol. The molecule has 1 aliphatic heterocycles. The van der Waals surface area contributed by atoms with Gasteiger partial charge >= 0.3 is 0 Å². The Morgan fingerprint density at radius 3 is 2.26 bits per heavy atom. The molecule has 0 amide bonds. The Bertz CT molecular complexity index is 828. The molecule has 0 unspecified atom stereocenters. The van der Waals surface area contributed by atoms with Crippen molar-refractivity contribution in [1.82, 2.24) is 4.72 Å². The minimum absolute atomic E-state index is 0.326. The topological polar surface area (TPSA) is 63.1 Å². The first-order chi connectivity index (χ1) is 13.0. The Kier molecular flexibility index (Phi) is 6.36. The average Bonchev–Trinajstić information content (AvgIpc) is 2.69. The lowest BCUT2D eigenvalue weighted by Gasteiger charge is -2.33. The number of quaternary nitrogens is 1. The quantitative estimate of drug-likeness (QED) is 0.730. The first-order valence-corrected chi connectivity index (χ1v) is 10.8. The zero-order valence-corrected chi connectivity index (χ0v) is 16.8. The van der Waals surface area contributed by atoms with E-state index in [0.717, 1.165) is 44.0 Å². The number of hydrogen-bond acceptors (Lipinski definition) is 4. The van der Waals surface area contributed by atoms with Crippen LogP contribution in [0, 0.1) is 6.92 Å². The van der Waals surface area contributed by atoms with E-state index in [-0.39, 0.29) is 0 Å². The summed E-state index contributed by atoms with van der Waals surface area (Å²) in [6.45, 7) is 7.11. The van der Waals surface area contributed by atoms with Crippen molar-refractivity contribution in [1.29, 1.82) is 0 Å². The second-order valence-electron chi connectivity index (χ2n) is 6.90. The Morgan fingerprint density at radius 1 is 1.04 bits per heavy atom. The lowest BCUT2D eigenvalue weighted by atomic mass is 10.2. The molecule has 2 aromatic rings. The second-order valence-corrected chi connectivity index (χ2v) is 8.66. The first kappa shape index (κ1) is 19.7. The fourth-order valence-corrected chi connectivity index (χ4v) is 4.32. The van der Waals surface area contributed by atoms with Crippen molar-refractivity contribution in [2.24, 2.45) is 0 Å². The van der Waals surface area contributed by atoms with Crippen LogP contribution < -0.4 is 19.3 Å². The van der Waals surface area contributed by atoms with E-state index in [1.807, 2.05) is 31.2 Å². The largest absolute Gasteiger partial charge is 0.497 e. The number of benzene rings is 2. The molecule has 1 saturated heterocycles. The summed E-state index contributed by atoms with van der Waals surface area (Å²) in [5.41, 5.74) is 2.25. The molecule has 0 aromatic heterocycles. The molecule has 27 heavy (non-hydrogen) atoms. The molecule has 1 fully saturated rings. The Morgan fingerprint density at radius 2 is 1.67 bits per heavy atom. The Hall–Kier alpha value is -2.09. The number of nitrogens with one attached hydrogen (secondary N) is 2. The predicted octanol–water partition coefficient (Wildman–Crippen LogP) is 0.687. The van der Waals surface area contributed by atoms with E-state index in [1.165, 1.54) is 10.6 Å². The lowest BCUT2D eigenvalue weighted by Crippen LogP contribution is -3.15. The maximum atomic E-state index is 12.3. The van der Waals surface area contributed by atoms with Gasteiger partial charge in [-0.15, -0.1) is 0 Å². The minimum atomic E-state index is -3.42. The number of rotatable bonds is 7. The highest BCUT2D eigenvalue weighted by atomic mass is 32.2. The summed E-state index contributed by atoms with van der Waals surface area (Å²) in [6, 6.07) is 15.1. The lowest BCUT2D eigenvalue weighted by molar-refractivity contribution is -0.899. The van der Waals surface area contributed by atoms with Gasteiger partial charge in [-0.1, -0.05) is 17.7 Å². The van der Waals surface area contributed by atoms with Crippen molar-refractivity contribution in [3.63, 3.8) is 0 Å². The average molecular weight is 391 g/mol. The molecular formula is C20H28N3O3S+. The van der Waals surface area contributed by atoms with Crippen LogP contribution in [0.15, 0.2) is 53.4 Å². The van der Waals surface area contributed by atoms with Gasteiger partial charge in [0.15, 0.2) is 0 Å². The molecule has 6 nitrogen and oxygen atoms in total. The number of sulfonamides is 1. The number of anilines is 1. The minimum Gasteiger partial charge on any atom is -0.497 e. The van der Waals surface area contributed by atoms with Crippen molar-refractivity contribution < 1.29 is 18.1 Å². The molecule has 0 aliphatic carbocycles. The van der Waals surface area contributed by atoms with Gasteiger partial charge in [0.05, 0.1) is 51.3 Å². The van der Waals surface area contributed by atoms with Crippen LogP contribution in [0.4, 0.5) is 5.69 Å². The number of methoxy groups -OCH3 is 1. The van der Waals surface area contributed by atoms with E-state index in [9.17, 15) is 8.42 Å². The highest BCUT2D eigenvalue weighted by molar-refractivity contribution is 7.89. The summed E-state index contributed by atoms with van der Waals surface area (Å²) in [6.07, 6.45) is 0. The van der Waals surface area contributed by atoms with Crippen molar-refractivity contribution in [2.45, 2.75) is 11.8 Å². The van der Waals surface area contributed by atoms with E-state index < -0.39 is 10.0 Å². The van der Waals surface area contributed by atoms with Crippen molar-refractivity contribution in [3.05, 3.63) is 54.1 Å². The second kappa shape index (κ2) is 8.73. The standard InChI is InChI=1S/C20H27N3O3S/c1-17-3-9-20(10-4-17)27(24,25)21-11-12-22-13-15-23(16-14-22)18-5-7-19(26-2)8-6-18/h3-10,21H,11-16H2,1-2H3/p+1. The van der Waals surface area contributed by atoms with Gasteiger partial charge in [-0.3, -0.25) is 0 Å². The van der Waals surface area contributed by atoms with Crippen LogP contribution in [0.1, 0.15) is 5.56 Å². The molecule has 146 valence electrons. The molecular weight excluding hydrogens is 362 g/mol. The SMILES string of the molecule is COc1ccc(N2CC[NH+](CCNS(=O)(=O)c3ccc(C)cc3)CC2)cc1. The highest BCUT2D eigenvalue weighted by Gasteiger charge is 2.21. The summed E-state index contributed by atoms with van der Waals surface area (Å²) in [7, 11) is -1.75. The molecule has 1 aliphatic rings. The zero-order chi connectivity index (χ0) is 19.3. The summed E-state index contributed by atoms with van der Waals surface area (Å²) >= 11 is 0. The third kappa shape index (κ3) is 5.22. The number of piperazine rings is 1. The summed E-state index contributed by atoms with van der Waals surface area (Å²) in [5, 5.41) is 0. The molecule has 0 radical (unpaired) electrons. The van der Waals surface area contributed by atoms with Crippen LogP contribution >= 0.6 is 0 Å². The molecule has 7 heteroatoms. The van der Waals surface area contributed by atoms with Gasteiger partial charge in [-0.05, 0) is 43.3 Å². The van der Waals surface area contributed by atoms with Crippen molar-refractivity contribution in [2.75, 3.05) is 51.3 Å². The highest BCUT2D eigenvalue weighted by Crippen LogP contribution is 2.18. The normalized spacial score (nSPS) is 15.7. The fraction of sp³-hybridized carbons (Fsp3) is 0.400. The van der Waals surface area contributed by atoms with Crippen molar-refractivity contribution in [3.8, 4) is 5.75 Å². The van der Waals surface area contributed by atoms with Gasteiger partial charge in [-0.25, -0.2) is 13.1 Å². The molecule has 2 N–H and O–H groups in total. The third-order valence-electron chi connectivity index (χ3n) is 5.01. The van der Waals surface area contributed by atoms with Gasteiger partial charge in [-0.2, -0.15) is 0 Å². The van der Waals surface area contributed by atoms with E-state index in [4.69, 9.17) is 4.74 Å².